The number of thiophene rings is 1. The number of hydrogen-bond acceptors (Lipinski definition) is 1. The first-order valence-electron chi connectivity index (χ1n) is 3.94. The quantitative estimate of drug-likeness (QED) is 0.548. The van der Waals surface area contributed by atoms with Crippen LogP contribution >= 0.6 is 27.3 Å². The van der Waals surface area contributed by atoms with E-state index >= 15 is 0 Å². The zero-order valence-electron chi connectivity index (χ0n) is 6.77. The van der Waals surface area contributed by atoms with Gasteiger partial charge in [-0.05, 0) is 38.3 Å². The van der Waals surface area contributed by atoms with Crippen LogP contribution in [0.4, 0.5) is 0 Å². The Balaban J connectivity index is 2.27. The summed E-state index contributed by atoms with van der Waals surface area (Å²) in [5.74, 6) is 0. The van der Waals surface area contributed by atoms with Gasteiger partial charge < -0.3 is 0 Å². The number of halogens is 1. The molecule has 0 radical (unpaired) electrons. The molecule has 0 saturated carbocycles. The summed E-state index contributed by atoms with van der Waals surface area (Å²) in [5.41, 5.74) is 0. The van der Waals surface area contributed by atoms with Crippen LogP contribution in [-0.4, -0.2) is 5.33 Å². The summed E-state index contributed by atoms with van der Waals surface area (Å²) in [6, 6.07) is 4.45. The lowest BCUT2D eigenvalue weighted by Gasteiger charge is -1.93. The average molecular weight is 233 g/mol. The summed E-state index contributed by atoms with van der Waals surface area (Å²) in [7, 11) is 0. The molecule has 1 aromatic rings. The Morgan fingerprint density at radius 2 is 2.18 bits per heavy atom. The highest BCUT2D eigenvalue weighted by Crippen LogP contribution is 2.17. The molecular weight excluding hydrogens is 220 g/mol. The minimum absolute atomic E-state index is 1.14. The SMILES string of the molecule is Cc1ccc(CCCCBr)s1. The molecule has 0 nitrogen and oxygen atoms in total. The molecule has 1 heterocycles. The van der Waals surface area contributed by atoms with Crippen LogP contribution in [0.25, 0.3) is 0 Å². The third-order valence-electron chi connectivity index (χ3n) is 1.60. The summed E-state index contributed by atoms with van der Waals surface area (Å²) in [5, 5.41) is 1.14. The minimum Gasteiger partial charge on any atom is -0.146 e. The summed E-state index contributed by atoms with van der Waals surface area (Å²) < 4.78 is 0. The van der Waals surface area contributed by atoms with Gasteiger partial charge in [0.15, 0.2) is 0 Å². The van der Waals surface area contributed by atoms with E-state index in [9.17, 15) is 0 Å². The van der Waals surface area contributed by atoms with Crippen molar-refractivity contribution in [3.8, 4) is 0 Å². The monoisotopic (exact) mass is 232 g/mol. The van der Waals surface area contributed by atoms with Crippen molar-refractivity contribution < 1.29 is 0 Å². The van der Waals surface area contributed by atoms with Gasteiger partial charge in [0.25, 0.3) is 0 Å². The second-order valence-corrected chi connectivity index (χ2v) is 4.82. The predicted molar refractivity (Wildman–Crippen MR) is 55.8 cm³/mol. The first kappa shape index (κ1) is 9.27. The molecule has 0 fully saturated rings. The zero-order chi connectivity index (χ0) is 8.10. The third-order valence-corrected chi connectivity index (χ3v) is 3.22. The largest absolute Gasteiger partial charge is 0.146 e. The molecule has 2 heteroatoms. The Kier molecular flexibility index (Phi) is 4.16. The van der Waals surface area contributed by atoms with Crippen LogP contribution in [0, 0.1) is 6.92 Å². The molecule has 0 aliphatic heterocycles. The second-order valence-electron chi connectivity index (χ2n) is 2.66. The van der Waals surface area contributed by atoms with Crippen LogP contribution in [0.3, 0.4) is 0 Å². The summed E-state index contributed by atoms with van der Waals surface area (Å²) >= 11 is 5.35. The van der Waals surface area contributed by atoms with Crippen molar-refractivity contribution >= 4 is 27.3 Å². The molecule has 0 spiro atoms. The van der Waals surface area contributed by atoms with E-state index in [4.69, 9.17) is 0 Å². The van der Waals surface area contributed by atoms with Crippen molar-refractivity contribution in [2.24, 2.45) is 0 Å². The van der Waals surface area contributed by atoms with Crippen molar-refractivity contribution in [2.75, 3.05) is 5.33 Å². The topological polar surface area (TPSA) is 0 Å². The van der Waals surface area contributed by atoms with Crippen molar-refractivity contribution in [3.63, 3.8) is 0 Å². The van der Waals surface area contributed by atoms with Gasteiger partial charge in [0.05, 0.1) is 0 Å². The van der Waals surface area contributed by atoms with Crippen LogP contribution in [0.1, 0.15) is 22.6 Å². The molecule has 1 aromatic heterocycles. The van der Waals surface area contributed by atoms with Crippen molar-refractivity contribution in [3.05, 3.63) is 21.9 Å². The van der Waals surface area contributed by atoms with Gasteiger partial charge in [-0.15, -0.1) is 11.3 Å². The lowest BCUT2D eigenvalue weighted by Crippen LogP contribution is -1.80. The maximum absolute atomic E-state index is 3.43. The molecule has 0 atom stereocenters. The fraction of sp³-hybridized carbons (Fsp3) is 0.556. The molecule has 0 unspecified atom stereocenters. The van der Waals surface area contributed by atoms with E-state index in [0.29, 0.717) is 0 Å². The van der Waals surface area contributed by atoms with Gasteiger partial charge in [0.1, 0.15) is 0 Å². The van der Waals surface area contributed by atoms with Gasteiger partial charge in [-0.25, -0.2) is 0 Å². The molecule has 62 valence electrons. The molecule has 0 N–H and O–H groups in total. The number of hydrogen-bond donors (Lipinski definition) is 0. The van der Waals surface area contributed by atoms with Gasteiger partial charge in [-0.3, -0.25) is 0 Å². The van der Waals surface area contributed by atoms with Crippen LogP contribution in [-0.2, 0) is 6.42 Å². The predicted octanol–water partition coefficient (Wildman–Crippen LogP) is 3.77. The van der Waals surface area contributed by atoms with E-state index < -0.39 is 0 Å². The fourth-order valence-electron chi connectivity index (χ4n) is 1.01. The van der Waals surface area contributed by atoms with Crippen LogP contribution < -0.4 is 0 Å². The second kappa shape index (κ2) is 4.94. The van der Waals surface area contributed by atoms with Crippen LogP contribution in [0.2, 0.25) is 0 Å². The number of rotatable bonds is 4. The molecular formula is C9H13BrS. The lowest BCUT2D eigenvalue weighted by atomic mass is 10.2. The molecule has 0 aromatic carbocycles. The van der Waals surface area contributed by atoms with Crippen molar-refractivity contribution in [1.82, 2.24) is 0 Å². The van der Waals surface area contributed by atoms with Gasteiger partial charge in [0.2, 0.25) is 0 Å². The average Bonchev–Trinajstić information content (AvgIpc) is 2.37. The fourth-order valence-corrected chi connectivity index (χ4v) is 2.34. The van der Waals surface area contributed by atoms with E-state index in [2.05, 4.69) is 35.0 Å². The smallest absolute Gasteiger partial charge is 0.00480 e. The number of unbranched alkanes of at least 4 members (excludes halogenated alkanes) is 1. The van der Waals surface area contributed by atoms with Gasteiger partial charge in [-0.1, -0.05) is 15.9 Å². The van der Waals surface area contributed by atoms with E-state index in [-0.39, 0.29) is 0 Å². The van der Waals surface area contributed by atoms with Crippen LogP contribution in [0.5, 0.6) is 0 Å². The maximum atomic E-state index is 3.43. The van der Waals surface area contributed by atoms with Gasteiger partial charge in [0, 0.05) is 15.1 Å². The minimum atomic E-state index is 1.14. The Morgan fingerprint density at radius 3 is 2.73 bits per heavy atom. The summed E-state index contributed by atoms with van der Waals surface area (Å²) in [4.78, 5) is 2.96. The zero-order valence-corrected chi connectivity index (χ0v) is 9.17. The summed E-state index contributed by atoms with van der Waals surface area (Å²) in [6.45, 7) is 2.17. The van der Waals surface area contributed by atoms with E-state index in [1.54, 1.807) is 0 Å². The highest BCUT2D eigenvalue weighted by atomic mass is 79.9. The Bertz CT molecular complexity index is 205. The van der Waals surface area contributed by atoms with E-state index in [0.717, 1.165) is 5.33 Å². The summed E-state index contributed by atoms with van der Waals surface area (Å²) in [6.07, 6.45) is 3.85. The highest BCUT2D eigenvalue weighted by molar-refractivity contribution is 9.09. The van der Waals surface area contributed by atoms with Gasteiger partial charge in [-0.2, -0.15) is 0 Å². The molecule has 1 rings (SSSR count). The molecule has 0 bridgehead atoms. The standard InChI is InChI=1S/C9H13BrS/c1-8-5-6-9(11-8)4-2-3-7-10/h5-6H,2-4,7H2,1H3. The molecule has 0 amide bonds. The van der Waals surface area contributed by atoms with Gasteiger partial charge >= 0.3 is 0 Å². The first-order valence-corrected chi connectivity index (χ1v) is 5.88. The normalized spacial score (nSPS) is 10.4. The third kappa shape index (κ3) is 3.39. The Labute approximate surface area is 80.8 Å². The molecule has 0 saturated heterocycles. The van der Waals surface area contributed by atoms with E-state index in [1.807, 2.05) is 11.3 Å². The first-order chi connectivity index (χ1) is 5.33. The molecule has 0 aliphatic rings. The molecule has 11 heavy (non-hydrogen) atoms. The maximum Gasteiger partial charge on any atom is 0.00480 e. The van der Waals surface area contributed by atoms with Crippen molar-refractivity contribution in [2.45, 2.75) is 26.2 Å². The number of aryl methyl sites for hydroxylation is 2. The van der Waals surface area contributed by atoms with E-state index in [1.165, 1.54) is 29.0 Å². The Hall–Kier alpha value is 0.180. The Morgan fingerprint density at radius 1 is 1.36 bits per heavy atom. The van der Waals surface area contributed by atoms with Crippen LogP contribution in [0.15, 0.2) is 12.1 Å². The lowest BCUT2D eigenvalue weighted by molar-refractivity contribution is 0.815. The highest BCUT2D eigenvalue weighted by Gasteiger charge is 1.95. The molecule has 0 aliphatic carbocycles. The number of alkyl halides is 1. The van der Waals surface area contributed by atoms with Crippen molar-refractivity contribution in [1.29, 1.82) is 0 Å².